The van der Waals surface area contributed by atoms with Gasteiger partial charge in [-0.25, -0.2) is 0 Å². The van der Waals surface area contributed by atoms with E-state index in [-0.39, 0.29) is 0 Å². The number of hydrogen-bond donors (Lipinski definition) is 1. The lowest BCUT2D eigenvalue weighted by atomic mass is 9.85. The highest BCUT2D eigenvalue weighted by molar-refractivity contribution is 5.19. The highest BCUT2D eigenvalue weighted by atomic mass is 14.9. The molecule has 2 fully saturated rings. The van der Waals surface area contributed by atoms with E-state index in [1.165, 1.54) is 44.2 Å². The van der Waals surface area contributed by atoms with E-state index in [4.69, 9.17) is 0 Å². The van der Waals surface area contributed by atoms with Gasteiger partial charge >= 0.3 is 0 Å². The fourth-order valence-electron chi connectivity index (χ4n) is 3.65. The van der Waals surface area contributed by atoms with E-state index in [0.717, 1.165) is 17.8 Å². The highest BCUT2D eigenvalue weighted by Gasteiger charge is 2.41. The second kappa shape index (κ2) is 6.12. The molecule has 0 saturated heterocycles. The minimum Gasteiger partial charge on any atom is -0.310 e. The molecule has 21 heavy (non-hydrogen) atoms. The fourth-order valence-corrected chi connectivity index (χ4v) is 3.65. The van der Waals surface area contributed by atoms with Crippen LogP contribution in [-0.2, 0) is 0 Å². The summed E-state index contributed by atoms with van der Waals surface area (Å²) in [7, 11) is 0. The summed E-state index contributed by atoms with van der Waals surface area (Å²) < 4.78 is 0. The molecule has 0 bridgehead atoms. The minimum atomic E-state index is 0.363. The average Bonchev–Trinajstić information content (AvgIpc) is 3.31. The first kappa shape index (κ1) is 15.1. The van der Waals surface area contributed by atoms with Crippen LogP contribution >= 0.6 is 0 Å². The molecular formula is C20H31N. The van der Waals surface area contributed by atoms with Crippen molar-refractivity contribution in [2.45, 2.75) is 58.9 Å². The van der Waals surface area contributed by atoms with Gasteiger partial charge in [-0.3, -0.25) is 0 Å². The standard InChI is InChI=1S/C20H31N/c1-20(2,3)13-19(17-7-5-4-6-8-17)21-14-18(15-9-10-15)16-11-12-16/h4-8,15-16,18-19,21H,9-14H2,1-3H3. The molecule has 2 aliphatic carbocycles. The van der Waals surface area contributed by atoms with E-state index in [2.05, 4.69) is 56.4 Å². The molecule has 0 aliphatic heterocycles. The Bertz CT molecular complexity index is 425. The van der Waals surface area contributed by atoms with Crippen molar-refractivity contribution in [1.29, 1.82) is 0 Å². The number of rotatable bonds is 7. The number of benzene rings is 1. The number of hydrogen-bond acceptors (Lipinski definition) is 1. The quantitative estimate of drug-likeness (QED) is 0.727. The summed E-state index contributed by atoms with van der Waals surface area (Å²) >= 11 is 0. The third-order valence-electron chi connectivity index (χ3n) is 5.07. The molecule has 1 aromatic carbocycles. The maximum atomic E-state index is 3.94. The fraction of sp³-hybridized carbons (Fsp3) is 0.700. The molecule has 0 spiro atoms. The molecule has 116 valence electrons. The summed E-state index contributed by atoms with van der Waals surface area (Å²) in [5.74, 6) is 3.03. The van der Waals surface area contributed by atoms with Crippen molar-refractivity contribution in [3.8, 4) is 0 Å². The second-order valence-corrected chi connectivity index (χ2v) is 8.48. The topological polar surface area (TPSA) is 12.0 Å². The van der Waals surface area contributed by atoms with Crippen LogP contribution in [0.2, 0.25) is 0 Å². The Kier molecular flexibility index (Phi) is 4.40. The molecule has 3 rings (SSSR count). The monoisotopic (exact) mass is 285 g/mol. The van der Waals surface area contributed by atoms with E-state index < -0.39 is 0 Å². The summed E-state index contributed by atoms with van der Waals surface area (Å²) in [6.45, 7) is 8.28. The molecule has 1 atom stereocenters. The van der Waals surface area contributed by atoms with Gasteiger partial charge in [0.1, 0.15) is 0 Å². The summed E-state index contributed by atoms with van der Waals surface area (Å²) in [4.78, 5) is 0. The summed E-state index contributed by atoms with van der Waals surface area (Å²) in [5, 5.41) is 3.94. The molecule has 0 amide bonds. The van der Waals surface area contributed by atoms with Crippen molar-refractivity contribution >= 4 is 0 Å². The predicted molar refractivity (Wildman–Crippen MR) is 90.2 cm³/mol. The summed E-state index contributed by atoms with van der Waals surface area (Å²) in [6.07, 6.45) is 7.14. The molecule has 1 unspecified atom stereocenters. The third kappa shape index (κ3) is 4.57. The van der Waals surface area contributed by atoms with Crippen LogP contribution in [0.4, 0.5) is 0 Å². The molecule has 2 aliphatic rings. The Morgan fingerprint density at radius 1 is 1.00 bits per heavy atom. The zero-order valence-corrected chi connectivity index (χ0v) is 13.9. The molecule has 0 aromatic heterocycles. The van der Waals surface area contributed by atoms with E-state index in [0.29, 0.717) is 11.5 Å². The van der Waals surface area contributed by atoms with Gasteiger partial charge < -0.3 is 5.32 Å². The van der Waals surface area contributed by atoms with Crippen LogP contribution < -0.4 is 5.32 Å². The van der Waals surface area contributed by atoms with Crippen molar-refractivity contribution in [1.82, 2.24) is 5.32 Å². The van der Waals surface area contributed by atoms with Gasteiger partial charge in [0.2, 0.25) is 0 Å². The summed E-state index contributed by atoms with van der Waals surface area (Å²) in [6, 6.07) is 11.5. The minimum absolute atomic E-state index is 0.363. The van der Waals surface area contributed by atoms with E-state index in [9.17, 15) is 0 Å². The average molecular weight is 285 g/mol. The first-order chi connectivity index (χ1) is 10.0. The molecule has 0 heterocycles. The maximum absolute atomic E-state index is 3.94. The summed E-state index contributed by atoms with van der Waals surface area (Å²) in [5.41, 5.74) is 1.82. The van der Waals surface area contributed by atoms with Gasteiger partial charge in [-0.2, -0.15) is 0 Å². The van der Waals surface area contributed by atoms with Crippen LogP contribution in [0.1, 0.15) is 64.5 Å². The molecular weight excluding hydrogens is 254 g/mol. The van der Waals surface area contributed by atoms with Gasteiger partial charge in [0, 0.05) is 6.04 Å². The molecule has 2 saturated carbocycles. The van der Waals surface area contributed by atoms with Crippen LogP contribution in [0.5, 0.6) is 0 Å². The molecule has 1 heteroatoms. The Hall–Kier alpha value is -0.820. The van der Waals surface area contributed by atoms with Crippen LogP contribution in [0, 0.1) is 23.2 Å². The highest BCUT2D eigenvalue weighted by Crippen LogP contribution is 2.49. The lowest BCUT2D eigenvalue weighted by Gasteiger charge is -2.29. The largest absolute Gasteiger partial charge is 0.310 e. The zero-order valence-electron chi connectivity index (χ0n) is 13.9. The Morgan fingerprint density at radius 3 is 2.05 bits per heavy atom. The van der Waals surface area contributed by atoms with Crippen molar-refractivity contribution in [2.24, 2.45) is 23.2 Å². The molecule has 1 N–H and O–H groups in total. The van der Waals surface area contributed by atoms with Crippen LogP contribution in [0.3, 0.4) is 0 Å². The lowest BCUT2D eigenvalue weighted by Crippen LogP contribution is -2.31. The van der Waals surface area contributed by atoms with Crippen molar-refractivity contribution in [2.75, 3.05) is 6.54 Å². The maximum Gasteiger partial charge on any atom is 0.0325 e. The second-order valence-electron chi connectivity index (χ2n) is 8.48. The Balaban J connectivity index is 1.64. The smallest absolute Gasteiger partial charge is 0.0325 e. The van der Waals surface area contributed by atoms with Gasteiger partial charge in [-0.15, -0.1) is 0 Å². The normalized spacial score (nSPS) is 20.8. The lowest BCUT2D eigenvalue weighted by molar-refractivity contribution is 0.285. The SMILES string of the molecule is CC(C)(C)CC(NCC(C1CC1)C1CC1)c1ccccc1. The van der Waals surface area contributed by atoms with Crippen molar-refractivity contribution in [3.05, 3.63) is 35.9 Å². The van der Waals surface area contributed by atoms with E-state index in [1.54, 1.807) is 0 Å². The van der Waals surface area contributed by atoms with Crippen LogP contribution in [0.15, 0.2) is 30.3 Å². The molecule has 1 nitrogen and oxygen atoms in total. The van der Waals surface area contributed by atoms with Gasteiger partial charge in [0.05, 0.1) is 0 Å². The van der Waals surface area contributed by atoms with Crippen LogP contribution in [0.25, 0.3) is 0 Å². The van der Waals surface area contributed by atoms with Gasteiger partial charge in [-0.05, 0) is 67.4 Å². The predicted octanol–water partition coefficient (Wildman–Crippen LogP) is 5.19. The van der Waals surface area contributed by atoms with Gasteiger partial charge in [0.15, 0.2) is 0 Å². The van der Waals surface area contributed by atoms with E-state index in [1.807, 2.05) is 0 Å². The van der Waals surface area contributed by atoms with Gasteiger partial charge in [0.25, 0.3) is 0 Å². The Labute approximate surface area is 130 Å². The first-order valence-electron chi connectivity index (χ1n) is 8.81. The van der Waals surface area contributed by atoms with Crippen molar-refractivity contribution < 1.29 is 0 Å². The zero-order chi connectivity index (χ0) is 14.9. The third-order valence-corrected chi connectivity index (χ3v) is 5.07. The molecule has 0 radical (unpaired) electrons. The van der Waals surface area contributed by atoms with Crippen LogP contribution in [-0.4, -0.2) is 6.54 Å². The first-order valence-corrected chi connectivity index (χ1v) is 8.81. The van der Waals surface area contributed by atoms with Gasteiger partial charge in [-0.1, -0.05) is 51.1 Å². The van der Waals surface area contributed by atoms with Crippen molar-refractivity contribution in [3.63, 3.8) is 0 Å². The Morgan fingerprint density at radius 2 is 1.57 bits per heavy atom. The van der Waals surface area contributed by atoms with E-state index >= 15 is 0 Å². The number of nitrogens with one attached hydrogen (secondary N) is 1. The molecule has 1 aromatic rings.